The molecule has 150 valence electrons. The Morgan fingerprint density at radius 3 is 2.62 bits per heavy atom. The van der Waals surface area contributed by atoms with Crippen LogP contribution in [0.5, 0.6) is 0 Å². The van der Waals surface area contributed by atoms with E-state index >= 15 is 0 Å². The van der Waals surface area contributed by atoms with Crippen molar-refractivity contribution in [2.45, 2.75) is 20.4 Å². The first kappa shape index (κ1) is 19.0. The van der Waals surface area contributed by atoms with Crippen LogP contribution in [-0.2, 0) is 6.54 Å². The van der Waals surface area contributed by atoms with E-state index in [1.165, 1.54) is 23.1 Å². The molecule has 7 heteroatoms. The Bertz CT molecular complexity index is 979. The first-order valence-corrected chi connectivity index (χ1v) is 9.80. The summed E-state index contributed by atoms with van der Waals surface area (Å²) in [6.45, 7) is 8.17. The van der Waals surface area contributed by atoms with Crippen molar-refractivity contribution >= 4 is 17.4 Å². The van der Waals surface area contributed by atoms with E-state index < -0.39 is 0 Å². The molecule has 0 aliphatic carbocycles. The van der Waals surface area contributed by atoms with E-state index in [1.54, 1.807) is 18.4 Å². The molecule has 0 spiro atoms. The second-order valence-corrected chi connectivity index (χ2v) is 7.22. The lowest BCUT2D eigenvalue weighted by Gasteiger charge is -2.37. The molecule has 1 fully saturated rings. The fraction of sp³-hybridized carbons (Fsp3) is 0.318. The standard InChI is InChI=1S/C22H25N5O2/c1-16-5-3-7-20(17(16)2)26-8-10-27(11-9-26)21-13-19(24-15-25-21)22(28)23-14-18-6-4-12-29-18/h3-7,12-13,15H,8-11,14H2,1-2H3,(H,23,28). The van der Waals surface area contributed by atoms with Crippen LogP contribution in [0, 0.1) is 13.8 Å². The van der Waals surface area contributed by atoms with Gasteiger partial charge in [0.2, 0.25) is 0 Å². The fourth-order valence-corrected chi connectivity index (χ4v) is 3.57. The lowest BCUT2D eigenvalue weighted by molar-refractivity contribution is 0.0943. The molecule has 0 atom stereocenters. The molecule has 0 saturated carbocycles. The molecule has 1 aromatic carbocycles. The van der Waals surface area contributed by atoms with Crippen LogP contribution < -0.4 is 15.1 Å². The molecule has 29 heavy (non-hydrogen) atoms. The van der Waals surface area contributed by atoms with Crippen LogP contribution in [0.25, 0.3) is 0 Å². The van der Waals surface area contributed by atoms with Crippen molar-refractivity contribution in [2.75, 3.05) is 36.0 Å². The highest BCUT2D eigenvalue weighted by atomic mass is 16.3. The Balaban J connectivity index is 1.39. The molecule has 3 heterocycles. The fourth-order valence-electron chi connectivity index (χ4n) is 3.57. The minimum Gasteiger partial charge on any atom is -0.467 e. The normalized spacial score (nSPS) is 14.1. The molecule has 0 bridgehead atoms. The largest absolute Gasteiger partial charge is 0.467 e. The summed E-state index contributed by atoms with van der Waals surface area (Å²) in [6, 6.07) is 11.8. The number of amides is 1. The highest BCUT2D eigenvalue weighted by Gasteiger charge is 2.21. The molecule has 3 aromatic rings. The Hall–Kier alpha value is -3.35. The molecule has 0 radical (unpaired) electrons. The number of aromatic nitrogens is 2. The minimum absolute atomic E-state index is 0.237. The number of furan rings is 1. The van der Waals surface area contributed by atoms with E-state index in [0.717, 1.165) is 32.0 Å². The van der Waals surface area contributed by atoms with Crippen molar-refractivity contribution in [3.8, 4) is 0 Å². The van der Waals surface area contributed by atoms with Gasteiger partial charge in [0.1, 0.15) is 23.6 Å². The summed E-state index contributed by atoms with van der Waals surface area (Å²) in [5.74, 6) is 1.25. The Labute approximate surface area is 170 Å². The quantitative estimate of drug-likeness (QED) is 0.721. The van der Waals surface area contributed by atoms with E-state index in [0.29, 0.717) is 18.0 Å². The summed E-state index contributed by atoms with van der Waals surface area (Å²) in [4.78, 5) is 25.5. The monoisotopic (exact) mass is 391 g/mol. The van der Waals surface area contributed by atoms with Gasteiger partial charge in [0.05, 0.1) is 12.8 Å². The number of hydrogen-bond acceptors (Lipinski definition) is 6. The van der Waals surface area contributed by atoms with Crippen LogP contribution in [0.4, 0.5) is 11.5 Å². The van der Waals surface area contributed by atoms with Gasteiger partial charge in [-0.3, -0.25) is 4.79 Å². The number of carbonyl (C=O) groups excluding carboxylic acids is 1. The van der Waals surface area contributed by atoms with Crippen LogP contribution in [0.15, 0.2) is 53.4 Å². The Morgan fingerprint density at radius 1 is 1.07 bits per heavy atom. The first-order chi connectivity index (χ1) is 14.1. The number of benzene rings is 1. The Morgan fingerprint density at radius 2 is 1.86 bits per heavy atom. The maximum Gasteiger partial charge on any atom is 0.270 e. The van der Waals surface area contributed by atoms with Crippen molar-refractivity contribution < 1.29 is 9.21 Å². The number of piperazine rings is 1. The average molecular weight is 391 g/mol. The number of aryl methyl sites for hydroxylation is 1. The van der Waals surface area contributed by atoms with Crippen LogP contribution in [0.1, 0.15) is 27.4 Å². The molecule has 0 unspecified atom stereocenters. The van der Waals surface area contributed by atoms with Gasteiger partial charge in [-0.1, -0.05) is 12.1 Å². The van der Waals surface area contributed by atoms with Crippen LogP contribution in [-0.4, -0.2) is 42.1 Å². The van der Waals surface area contributed by atoms with E-state index in [2.05, 4.69) is 57.1 Å². The second kappa shape index (κ2) is 8.34. The predicted octanol–water partition coefficient (Wildman–Crippen LogP) is 2.94. The third-order valence-electron chi connectivity index (χ3n) is 5.41. The smallest absolute Gasteiger partial charge is 0.270 e. The summed E-state index contributed by atoms with van der Waals surface area (Å²) in [5, 5.41) is 2.82. The molecule has 4 rings (SSSR count). The van der Waals surface area contributed by atoms with Gasteiger partial charge in [-0.15, -0.1) is 0 Å². The zero-order valence-corrected chi connectivity index (χ0v) is 16.8. The van der Waals surface area contributed by atoms with Crippen molar-refractivity contribution in [2.24, 2.45) is 0 Å². The van der Waals surface area contributed by atoms with Crippen LogP contribution >= 0.6 is 0 Å². The molecular formula is C22H25N5O2. The van der Waals surface area contributed by atoms with E-state index in [1.807, 2.05) is 6.07 Å². The van der Waals surface area contributed by atoms with Gasteiger partial charge >= 0.3 is 0 Å². The van der Waals surface area contributed by atoms with Gasteiger partial charge in [0, 0.05) is 37.9 Å². The molecule has 7 nitrogen and oxygen atoms in total. The summed E-state index contributed by atoms with van der Waals surface area (Å²) in [5.41, 5.74) is 4.30. The number of rotatable bonds is 5. The van der Waals surface area contributed by atoms with Crippen LogP contribution in [0.2, 0.25) is 0 Å². The topological polar surface area (TPSA) is 74.5 Å². The van der Waals surface area contributed by atoms with E-state index in [9.17, 15) is 4.79 Å². The molecular weight excluding hydrogens is 366 g/mol. The van der Waals surface area contributed by atoms with Crippen molar-refractivity contribution in [1.82, 2.24) is 15.3 Å². The highest BCUT2D eigenvalue weighted by Crippen LogP contribution is 2.25. The highest BCUT2D eigenvalue weighted by molar-refractivity contribution is 5.92. The van der Waals surface area contributed by atoms with Gasteiger partial charge in [-0.25, -0.2) is 9.97 Å². The first-order valence-electron chi connectivity index (χ1n) is 9.80. The third-order valence-corrected chi connectivity index (χ3v) is 5.41. The van der Waals surface area contributed by atoms with Crippen molar-refractivity contribution in [3.63, 3.8) is 0 Å². The SMILES string of the molecule is Cc1cccc(N2CCN(c3cc(C(=O)NCc4ccco4)ncn3)CC2)c1C. The third kappa shape index (κ3) is 4.23. The maximum atomic E-state index is 12.4. The molecule has 1 N–H and O–H groups in total. The number of nitrogens with zero attached hydrogens (tertiary/aromatic N) is 4. The zero-order chi connectivity index (χ0) is 20.2. The van der Waals surface area contributed by atoms with Crippen molar-refractivity contribution in [3.05, 3.63) is 71.6 Å². The summed E-state index contributed by atoms with van der Waals surface area (Å²) >= 11 is 0. The summed E-state index contributed by atoms with van der Waals surface area (Å²) < 4.78 is 5.24. The molecule has 1 saturated heterocycles. The molecule has 1 aliphatic rings. The minimum atomic E-state index is -0.237. The number of hydrogen-bond donors (Lipinski definition) is 1. The maximum absolute atomic E-state index is 12.4. The molecule has 1 amide bonds. The Kier molecular flexibility index (Phi) is 5.46. The van der Waals surface area contributed by atoms with Gasteiger partial charge in [0.15, 0.2) is 0 Å². The van der Waals surface area contributed by atoms with Gasteiger partial charge < -0.3 is 19.5 Å². The number of nitrogens with one attached hydrogen (secondary N) is 1. The van der Waals surface area contributed by atoms with Gasteiger partial charge in [-0.2, -0.15) is 0 Å². The summed E-state index contributed by atoms with van der Waals surface area (Å²) in [6.07, 6.45) is 3.04. The summed E-state index contributed by atoms with van der Waals surface area (Å²) in [7, 11) is 0. The van der Waals surface area contributed by atoms with Crippen LogP contribution in [0.3, 0.4) is 0 Å². The second-order valence-electron chi connectivity index (χ2n) is 7.22. The van der Waals surface area contributed by atoms with Crippen molar-refractivity contribution in [1.29, 1.82) is 0 Å². The lowest BCUT2D eigenvalue weighted by atomic mass is 10.1. The molecule has 2 aromatic heterocycles. The number of anilines is 2. The zero-order valence-electron chi connectivity index (χ0n) is 16.8. The lowest BCUT2D eigenvalue weighted by Crippen LogP contribution is -2.47. The number of carbonyl (C=O) groups is 1. The molecule has 1 aliphatic heterocycles. The average Bonchev–Trinajstić information content (AvgIpc) is 3.28. The van der Waals surface area contributed by atoms with Gasteiger partial charge in [-0.05, 0) is 43.2 Å². The van der Waals surface area contributed by atoms with E-state index in [-0.39, 0.29) is 5.91 Å². The van der Waals surface area contributed by atoms with Gasteiger partial charge in [0.25, 0.3) is 5.91 Å². The van der Waals surface area contributed by atoms with E-state index in [4.69, 9.17) is 4.42 Å². The predicted molar refractivity (Wildman–Crippen MR) is 112 cm³/mol.